The summed E-state index contributed by atoms with van der Waals surface area (Å²) in [6.07, 6.45) is -0.0369. The van der Waals surface area contributed by atoms with Gasteiger partial charge in [0, 0.05) is 31.3 Å². The third kappa shape index (κ3) is 7.44. The summed E-state index contributed by atoms with van der Waals surface area (Å²) in [5.41, 5.74) is 2.21. The number of sulfonamides is 1. The lowest BCUT2D eigenvalue weighted by Gasteiger charge is -2.10. The summed E-state index contributed by atoms with van der Waals surface area (Å²) in [5.74, 6) is 0.776. The van der Waals surface area contributed by atoms with Gasteiger partial charge in [-0.05, 0) is 67.6 Å². The Hall–Kier alpha value is -3.69. The Kier molecular flexibility index (Phi) is 7.81. The van der Waals surface area contributed by atoms with Crippen molar-refractivity contribution in [2.24, 2.45) is 0 Å². The van der Waals surface area contributed by atoms with E-state index in [1.54, 1.807) is 24.3 Å². The van der Waals surface area contributed by atoms with E-state index in [1.807, 2.05) is 31.2 Å². The lowest BCUT2D eigenvalue weighted by Crippen LogP contribution is -2.27. The van der Waals surface area contributed by atoms with Crippen LogP contribution in [0, 0.1) is 6.92 Å². The zero-order chi connectivity index (χ0) is 23.8. The minimum absolute atomic E-state index is 0.0369. The van der Waals surface area contributed by atoms with Crippen molar-refractivity contribution in [2.45, 2.75) is 25.2 Å². The van der Waals surface area contributed by atoms with Crippen LogP contribution in [0.3, 0.4) is 0 Å². The highest BCUT2D eigenvalue weighted by atomic mass is 32.2. The molecule has 0 aliphatic rings. The highest BCUT2D eigenvalue weighted by molar-refractivity contribution is 7.89. The predicted octanol–water partition coefficient (Wildman–Crippen LogP) is 4.05. The van der Waals surface area contributed by atoms with Crippen molar-refractivity contribution in [3.8, 4) is 11.5 Å². The quantitative estimate of drug-likeness (QED) is 0.439. The van der Waals surface area contributed by atoms with Crippen LogP contribution in [-0.4, -0.2) is 26.8 Å². The van der Waals surface area contributed by atoms with Gasteiger partial charge in [-0.1, -0.05) is 17.7 Å². The second-order valence-corrected chi connectivity index (χ2v) is 9.11. The minimum atomic E-state index is -3.77. The first kappa shape index (κ1) is 24.0. The van der Waals surface area contributed by atoms with Crippen LogP contribution in [0.2, 0.25) is 0 Å². The van der Waals surface area contributed by atoms with Gasteiger partial charge in [-0.25, -0.2) is 13.1 Å². The van der Waals surface area contributed by atoms with E-state index in [0.29, 0.717) is 17.1 Å². The number of rotatable bonds is 9. The molecule has 3 aromatic carbocycles. The molecule has 9 heteroatoms. The highest BCUT2D eigenvalue weighted by Crippen LogP contribution is 2.23. The van der Waals surface area contributed by atoms with E-state index in [1.165, 1.54) is 31.2 Å². The molecule has 3 N–H and O–H groups in total. The van der Waals surface area contributed by atoms with Gasteiger partial charge >= 0.3 is 0 Å². The van der Waals surface area contributed by atoms with Gasteiger partial charge in [-0.3, -0.25) is 9.59 Å². The number of aryl methyl sites for hydroxylation is 1. The van der Waals surface area contributed by atoms with Crippen LogP contribution in [-0.2, 0) is 19.6 Å². The summed E-state index contributed by atoms with van der Waals surface area (Å²) >= 11 is 0. The Bertz CT molecular complexity index is 1210. The highest BCUT2D eigenvalue weighted by Gasteiger charge is 2.14. The molecule has 2 amide bonds. The average molecular weight is 468 g/mol. The molecular formula is C24H25N3O5S. The van der Waals surface area contributed by atoms with Gasteiger partial charge in [0.2, 0.25) is 21.8 Å². The Morgan fingerprint density at radius 1 is 0.788 bits per heavy atom. The summed E-state index contributed by atoms with van der Waals surface area (Å²) in [6, 6.07) is 20.3. The fourth-order valence-corrected chi connectivity index (χ4v) is 3.91. The summed E-state index contributed by atoms with van der Waals surface area (Å²) < 4.78 is 32.9. The number of carbonyl (C=O) groups is 2. The number of amides is 2. The maximum atomic E-state index is 12.4. The van der Waals surface area contributed by atoms with Gasteiger partial charge < -0.3 is 15.4 Å². The summed E-state index contributed by atoms with van der Waals surface area (Å²) in [5, 5.41) is 5.29. The number of ether oxygens (including phenoxy) is 1. The van der Waals surface area contributed by atoms with Gasteiger partial charge in [-0.2, -0.15) is 0 Å². The zero-order valence-corrected chi connectivity index (χ0v) is 19.1. The standard InChI is InChI=1S/C24H25N3O5S/c1-17-3-9-21(10-4-17)32-22-11-5-20(6-12-22)27-24(29)15-16-25-33(30,31)23-13-7-19(8-14-23)26-18(2)28/h3-14,25H,15-16H2,1-2H3,(H,26,28)(H,27,29). The number of hydrogen-bond donors (Lipinski definition) is 3. The molecule has 172 valence electrons. The molecule has 0 fully saturated rings. The Morgan fingerprint density at radius 3 is 1.88 bits per heavy atom. The monoisotopic (exact) mass is 467 g/mol. The molecule has 3 rings (SSSR count). The smallest absolute Gasteiger partial charge is 0.240 e. The first-order valence-corrected chi connectivity index (χ1v) is 11.7. The van der Waals surface area contributed by atoms with Crippen LogP contribution >= 0.6 is 0 Å². The fourth-order valence-electron chi connectivity index (χ4n) is 2.88. The van der Waals surface area contributed by atoms with E-state index in [0.717, 1.165) is 11.3 Å². The molecule has 0 aliphatic carbocycles. The molecule has 0 aromatic heterocycles. The minimum Gasteiger partial charge on any atom is -0.457 e. The molecule has 0 heterocycles. The number of nitrogens with one attached hydrogen (secondary N) is 3. The molecule has 33 heavy (non-hydrogen) atoms. The number of hydrogen-bond acceptors (Lipinski definition) is 5. The van der Waals surface area contributed by atoms with Crippen LogP contribution in [0.1, 0.15) is 18.9 Å². The van der Waals surface area contributed by atoms with E-state index in [9.17, 15) is 18.0 Å². The number of anilines is 2. The third-order valence-corrected chi connectivity index (χ3v) is 6.00. The van der Waals surface area contributed by atoms with E-state index in [2.05, 4.69) is 15.4 Å². The molecule has 0 radical (unpaired) electrons. The van der Waals surface area contributed by atoms with Gasteiger partial charge in [-0.15, -0.1) is 0 Å². The molecule has 3 aromatic rings. The lowest BCUT2D eigenvalue weighted by molar-refractivity contribution is -0.116. The Morgan fingerprint density at radius 2 is 1.30 bits per heavy atom. The van der Waals surface area contributed by atoms with Crippen molar-refractivity contribution in [3.05, 3.63) is 78.4 Å². The normalized spacial score (nSPS) is 11.0. The molecule has 0 spiro atoms. The van der Waals surface area contributed by atoms with E-state index in [4.69, 9.17) is 4.74 Å². The molecule has 0 saturated heterocycles. The topological polar surface area (TPSA) is 114 Å². The lowest BCUT2D eigenvalue weighted by atomic mass is 10.2. The number of benzene rings is 3. The SMILES string of the molecule is CC(=O)Nc1ccc(S(=O)(=O)NCCC(=O)Nc2ccc(Oc3ccc(C)cc3)cc2)cc1. The molecule has 0 bridgehead atoms. The molecule has 0 saturated carbocycles. The Balaban J connectivity index is 1.46. The second kappa shape index (κ2) is 10.8. The first-order chi connectivity index (χ1) is 15.7. The van der Waals surface area contributed by atoms with Crippen molar-refractivity contribution in [1.82, 2.24) is 4.72 Å². The molecule has 8 nitrogen and oxygen atoms in total. The van der Waals surface area contributed by atoms with Crippen LogP contribution in [0.5, 0.6) is 11.5 Å². The van der Waals surface area contributed by atoms with Crippen LogP contribution in [0.25, 0.3) is 0 Å². The fraction of sp³-hybridized carbons (Fsp3) is 0.167. The summed E-state index contributed by atoms with van der Waals surface area (Å²) in [7, 11) is -3.77. The van der Waals surface area contributed by atoms with Gasteiger partial charge in [0.15, 0.2) is 0 Å². The van der Waals surface area contributed by atoms with Crippen LogP contribution < -0.4 is 20.1 Å². The van der Waals surface area contributed by atoms with Crippen molar-refractivity contribution in [1.29, 1.82) is 0 Å². The average Bonchev–Trinajstić information content (AvgIpc) is 2.76. The second-order valence-electron chi connectivity index (χ2n) is 7.34. The Labute approximate surface area is 193 Å². The van der Waals surface area contributed by atoms with Gasteiger partial charge in [0.25, 0.3) is 0 Å². The number of carbonyl (C=O) groups excluding carboxylic acids is 2. The largest absolute Gasteiger partial charge is 0.457 e. The van der Waals surface area contributed by atoms with E-state index < -0.39 is 10.0 Å². The molecular weight excluding hydrogens is 442 g/mol. The maximum Gasteiger partial charge on any atom is 0.240 e. The van der Waals surface area contributed by atoms with Gasteiger partial charge in [0.1, 0.15) is 11.5 Å². The van der Waals surface area contributed by atoms with Crippen molar-refractivity contribution in [2.75, 3.05) is 17.2 Å². The van der Waals surface area contributed by atoms with Crippen LogP contribution in [0.15, 0.2) is 77.7 Å². The van der Waals surface area contributed by atoms with E-state index >= 15 is 0 Å². The molecule has 0 aliphatic heterocycles. The molecule has 0 unspecified atom stereocenters. The van der Waals surface area contributed by atoms with Crippen molar-refractivity contribution < 1.29 is 22.7 Å². The van der Waals surface area contributed by atoms with E-state index in [-0.39, 0.29) is 29.7 Å². The maximum absolute atomic E-state index is 12.4. The van der Waals surface area contributed by atoms with Gasteiger partial charge in [0.05, 0.1) is 4.90 Å². The summed E-state index contributed by atoms with van der Waals surface area (Å²) in [6.45, 7) is 3.31. The summed E-state index contributed by atoms with van der Waals surface area (Å²) in [4.78, 5) is 23.3. The third-order valence-electron chi connectivity index (χ3n) is 4.52. The first-order valence-electron chi connectivity index (χ1n) is 10.2. The predicted molar refractivity (Wildman–Crippen MR) is 127 cm³/mol. The zero-order valence-electron chi connectivity index (χ0n) is 18.3. The molecule has 0 atom stereocenters. The van der Waals surface area contributed by atoms with Crippen LogP contribution in [0.4, 0.5) is 11.4 Å². The van der Waals surface area contributed by atoms with Crippen molar-refractivity contribution >= 4 is 33.2 Å². The van der Waals surface area contributed by atoms with Crippen molar-refractivity contribution in [3.63, 3.8) is 0 Å².